The summed E-state index contributed by atoms with van der Waals surface area (Å²) in [5.41, 5.74) is 1.71. The first-order chi connectivity index (χ1) is 12.0. The third kappa shape index (κ3) is 2.76. The van der Waals surface area contributed by atoms with Gasteiger partial charge in [0.05, 0.1) is 5.57 Å². The van der Waals surface area contributed by atoms with E-state index >= 15 is 0 Å². The first-order valence-corrected chi connectivity index (χ1v) is 8.94. The highest BCUT2D eigenvalue weighted by Crippen LogP contribution is 2.46. The second-order valence-electron chi connectivity index (χ2n) is 6.65. The summed E-state index contributed by atoms with van der Waals surface area (Å²) < 4.78 is 14.3. The molecule has 2 atom stereocenters. The molecule has 0 aliphatic heterocycles. The first kappa shape index (κ1) is 16.6. The molecule has 2 aliphatic carbocycles. The van der Waals surface area contributed by atoms with Gasteiger partial charge < -0.3 is 5.11 Å². The molecule has 0 radical (unpaired) electrons. The Morgan fingerprint density at radius 2 is 1.76 bits per heavy atom. The van der Waals surface area contributed by atoms with Crippen molar-refractivity contribution in [2.45, 2.75) is 19.3 Å². The lowest BCUT2D eigenvalue weighted by Gasteiger charge is -2.22. The van der Waals surface area contributed by atoms with E-state index in [-0.39, 0.29) is 23.4 Å². The van der Waals surface area contributed by atoms with Gasteiger partial charge in [-0.3, -0.25) is 4.79 Å². The molecule has 0 aromatic heterocycles. The predicted molar refractivity (Wildman–Crippen MR) is 97.2 cm³/mol. The molecule has 1 N–H and O–H groups in total. The van der Waals surface area contributed by atoms with Crippen LogP contribution in [0.15, 0.2) is 42.2 Å². The van der Waals surface area contributed by atoms with Gasteiger partial charge in [-0.15, -0.1) is 0 Å². The topological polar surface area (TPSA) is 37.3 Å². The average molecular weight is 377 g/mol. The molecule has 25 heavy (non-hydrogen) atoms. The normalized spacial score (nSPS) is 22.6. The largest absolute Gasteiger partial charge is 0.511 e. The van der Waals surface area contributed by atoms with Gasteiger partial charge in [0.25, 0.3) is 0 Å². The molecule has 0 spiro atoms. The van der Waals surface area contributed by atoms with Crippen LogP contribution < -0.4 is 0 Å². The molecular weight excluding hydrogens is 362 g/mol. The molecule has 2 nitrogen and oxygen atoms in total. The van der Waals surface area contributed by atoms with E-state index in [1.807, 2.05) is 0 Å². The van der Waals surface area contributed by atoms with Crippen molar-refractivity contribution in [1.82, 2.24) is 0 Å². The molecule has 0 saturated heterocycles. The maximum atomic E-state index is 14.3. The van der Waals surface area contributed by atoms with Crippen molar-refractivity contribution >= 4 is 34.6 Å². The highest BCUT2D eigenvalue weighted by molar-refractivity contribution is 6.35. The Morgan fingerprint density at radius 3 is 2.52 bits per heavy atom. The molecule has 128 valence electrons. The molecule has 1 fully saturated rings. The Morgan fingerprint density at radius 1 is 1.00 bits per heavy atom. The van der Waals surface area contributed by atoms with Crippen molar-refractivity contribution in [1.29, 1.82) is 0 Å². The number of fused-ring (bicyclic) bond motifs is 2. The number of halogens is 3. The number of hydrogen-bond acceptors (Lipinski definition) is 2. The standard InChI is InChI=1S/C20H15Cl2FO2/c21-13-4-5-14(17(23)9-13)10-3-6-16(22)15(8-10)18-19(24)11-1-2-12(7-11)20(18)25/h3-6,8-9,11-12,24H,1-2,7H2/t11-,12+/m1/s1. The summed E-state index contributed by atoms with van der Waals surface area (Å²) in [7, 11) is 0. The van der Waals surface area contributed by atoms with Crippen molar-refractivity contribution in [3.05, 3.63) is 63.6 Å². The quantitative estimate of drug-likeness (QED) is 0.690. The second kappa shape index (κ2) is 6.15. The lowest BCUT2D eigenvalue weighted by atomic mass is 9.83. The number of rotatable bonds is 2. The monoisotopic (exact) mass is 376 g/mol. The molecule has 1 saturated carbocycles. The van der Waals surface area contributed by atoms with Gasteiger partial charge in [-0.2, -0.15) is 0 Å². The smallest absolute Gasteiger partial charge is 0.170 e. The van der Waals surface area contributed by atoms with E-state index in [0.29, 0.717) is 38.7 Å². The third-order valence-electron chi connectivity index (χ3n) is 5.17. The highest BCUT2D eigenvalue weighted by Gasteiger charge is 2.41. The Bertz CT molecular complexity index is 920. The third-order valence-corrected chi connectivity index (χ3v) is 5.74. The number of carbonyl (C=O) groups excluding carboxylic acids is 1. The summed E-state index contributed by atoms with van der Waals surface area (Å²) in [6.07, 6.45) is 2.31. The molecule has 0 amide bonds. The molecular formula is C20H15Cl2FO2. The number of Topliss-reactive ketones (excluding diaryl/α,β-unsaturated/α-hetero) is 1. The maximum absolute atomic E-state index is 14.3. The number of hydrogen-bond donors (Lipinski definition) is 1. The Kier molecular flexibility index (Phi) is 4.09. The summed E-state index contributed by atoms with van der Waals surface area (Å²) in [6.45, 7) is 0. The number of carbonyl (C=O) groups is 1. The molecule has 2 aromatic carbocycles. The fourth-order valence-electron chi connectivity index (χ4n) is 3.88. The van der Waals surface area contributed by atoms with Gasteiger partial charge in [0.2, 0.25) is 0 Å². The average Bonchev–Trinajstić information content (AvgIpc) is 3.02. The highest BCUT2D eigenvalue weighted by atomic mass is 35.5. The van der Waals surface area contributed by atoms with Crippen LogP contribution in [0.25, 0.3) is 16.7 Å². The van der Waals surface area contributed by atoms with E-state index in [2.05, 4.69) is 0 Å². The van der Waals surface area contributed by atoms with E-state index in [9.17, 15) is 14.3 Å². The Hall–Kier alpha value is -1.84. The fraction of sp³-hybridized carbons (Fsp3) is 0.250. The van der Waals surface area contributed by atoms with Crippen LogP contribution in [0.4, 0.5) is 4.39 Å². The molecule has 2 aromatic rings. The SMILES string of the molecule is O=C1C(c2cc(-c3ccc(Cl)cc3F)ccc2Cl)=C(O)[C@@H]2CC[C@H]1C2. The van der Waals surface area contributed by atoms with Crippen LogP contribution in [0.1, 0.15) is 24.8 Å². The van der Waals surface area contributed by atoms with Crippen molar-refractivity contribution in [2.75, 3.05) is 0 Å². The second-order valence-corrected chi connectivity index (χ2v) is 7.49. The zero-order chi connectivity index (χ0) is 17.7. The van der Waals surface area contributed by atoms with Gasteiger partial charge in [0.15, 0.2) is 5.78 Å². The van der Waals surface area contributed by atoms with E-state index in [1.165, 1.54) is 6.07 Å². The number of allylic oxidation sites excluding steroid dienone is 2. The molecule has 4 rings (SSSR count). The summed E-state index contributed by atoms with van der Waals surface area (Å²) in [4.78, 5) is 12.7. The van der Waals surface area contributed by atoms with Gasteiger partial charge >= 0.3 is 0 Å². The van der Waals surface area contributed by atoms with Gasteiger partial charge in [-0.1, -0.05) is 29.3 Å². The zero-order valence-electron chi connectivity index (χ0n) is 13.2. The van der Waals surface area contributed by atoms with Gasteiger partial charge in [-0.05, 0) is 55.2 Å². The summed E-state index contributed by atoms with van der Waals surface area (Å²) in [5.74, 6) is -0.433. The van der Waals surface area contributed by atoms with Crippen LogP contribution in [0, 0.1) is 17.7 Å². The van der Waals surface area contributed by atoms with Crippen molar-refractivity contribution < 1.29 is 14.3 Å². The number of aliphatic hydroxyl groups excluding tert-OH is 1. The van der Waals surface area contributed by atoms with Gasteiger partial charge in [0, 0.05) is 33.0 Å². The minimum Gasteiger partial charge on any atom is -0.511 e. The van der Waals surface area contributed by atoms with Crippen LogP contribution in [-0.2, 0) is 4.79 Å². The van der Waals surface area contributed by atoms with Crippen LogP contribution in [0.3, 0.4) is 0 Å². The summed E-state index contributed by atoms with van der Waals surface area (Å²) in [6, 6.07) is 9.43. The van der Waals surface area contributed by atoms with E-state index in [4.69, 9.17) is 23.2 Å². The molecule has 2 aliphatic rings. The van der Waals surface area contributed by atoms with Gasteiger partial charge in [0.1, 0.15) is 11.6 Å². The number of aliphatic hydroxyl groups is 1. The van der Waals surface area contributed by atoms with Gasteiger partial charge in [-0.25, -0.2) is 4.39 Å². The number of benzene rings is 2. The molecule has 0 unspecified atom stereocenters. The van der Waals surface area contributed by atoms with Crippen LogP contribution in [0.5, 0.6) is 0 Å². The predicted octanol–water partition coefficient (Wildman–Crippen LogP) is 6.07. The minimum absolute atomic E-state index is 0.0182. The molecule has 2 bridgehead atoms. The van der Waals surface area contributed by atoms with E-state index < -0.39 is 5.82 Å². The van der Waals surface area contributed by atoms with Crippen LogP contribution in [-0.4, -0.2) is 10.9 Å². The van der Waals surface area contributed by atoms with Crippen molar-refractivity contribution in [2.24, 2.45) is 11.8 Å². The van der Waals surface area contributed by atoms with Crippen LogP contribution in [0.2, 0.25) is 10.0 Å². The van der Waals surface area contributed by atoms with E-state index in [1.54, 1.807) is 30.3 Å². The fourth-order valence-corrected chi connectivity index (χ4v) is 4.25. The lowest BCUT2D eigenvalue weighted by molar-refractivity contribution is -0.117. The Balaban J connectivity index is 1.86. The maximum Gasteiger partial charge on any atom is 0.170 e. The van der Waals surface area contributed by atoms with Crippen molar-refractivity contribution in [3.8, 4) is 11.1 Å². The Labute approximate surface area is 154 Å². The molecule has 5 heteroatoms. The van der Waals surface area contributed by atoms with E-state index in [0.717, 1.165) is 12.8 Å². The summed E-state index contributed by atoms with van der Waals surface area (Å²) in [5, 5.41) is 11.2. The zero-order valence-corrected chi connectivity index (χ0v) is 14.7. The summed E-state index contributed by atoms with van der Waals surface area (Å²) >= 11 is 12.1. The minimum atomic E-state index is -0.450. The van der Waals surface area contributed by atoms with Crippen molar-refractivity contribution in [3.63, 3.8) is 0 Å². The van der Waals surface area contributed by atoms with Crippen LogP contribution >= 0.6 is 23.2 Å². The number of ketones is 1. The first-order valence-electron chi connectivity index (χ1n) is 8.18. The molecule has 0 heterocycles. The lowest BCUT2D eigenvalue weighted by Crippen LogP contribution is -2.21.